The molecule has 4 aliphatic rings. The zero-order valence-corrected chi connectivity index (χ0v) is 11.7. The van der Waals surface area contributed by atoms with Crippen LogP contribution >= 0.6 is 0 Å². The molecular weight excluding hydrogens is 260 g/mol. The van der Waals surface area contributed by atoms with E-state index < -0.39 is 28.3 Å². The molecule has 2 aliphatic heterocycles. The van der Waals surface area contributed by atoms with Gasteiger partial charge in [-0.2, -0.15) is 0 Å². The fourth-order valence-electron chi connectivity index (χ4n) is 5.55. The van der Waals surface area contributed by atoms with E-state index in [0.29, 0.717) is 6.42 Å². The van der Waals surface area contributed by atoms with Gasteiger partial charge in [0.05, 0.1) is 11.8 Å². The van der Waals surface area contributed by atoms with Crippen molar-refractivity contribution in [2.45, 2.75) is 45.1 Å². The maximum Gasteiger partial charge on any atom is 0.317 e. The first-order valence-electron chi connectivity index (χ1n) is 7.28. The summed E-state index contributed by atoms with van der Waals surface area (Å²) in [5, 5.41) is 0. The van der Waals surface area contributed by atoms with Crippen molar-refractivity contribution in [2.24, 2.45) is 22.7 Å². The predicted octanol–water partition coefficient (Wildman–Crippen LogP) is 1.24. The van der Waals surface area contributed by atoms with Gasteiger partial charge in [0.25, 0.3) is 0 Å². The molecule has 2 saturated heterocycles. The molecule has 5 heteroatoms. The number of carbonyl (C=O) groups excluding carboxylic acids is 3. The summed E-state index contributed by atoms with van der Waals surface area (Å²) in [5.41, 5.74) is -1.82. The van der Waals surface area contributed by atoms with Gasteiger partial charge in [0.2, 0.25) is 0 Å². The first-order valence-corrected chi connectivity index (χ1v) is 7.28. The van der Waals surface area contributed by atoms with E-state index >= 15 is 0 Å². The van der Waals surface area contributed by atoms with Crippen LogP contribution in [0.3, 0.4) is 0 Å². The van der Waals surface area contributed by atoms with Crippen molar-refractivity contribution in [3.63, 3.8) is 0 Å². The molecule has 0 N–H and O–H groups in total. The highest BCUT2D eigenvalue weighted by Gasteiger charge is 2.80. The molecule has 0 aromatic heterocycles. The highest BCUT2D eigenvalue weighted by Crippen LogP contribution is 2.72. The second-order valence-corrected chi connectivity index (χ2v) is 7.18. The summed E-state index contributed by atoms with van der Waals surface area (Å²) in [6.07, 6.45) is 2.24. The molecular formula is C15H18O5. The fraction of sp³-hybridized carbons (Fsp3) is 0.800. The molecule has 4 rings (SSSR count). The molecule has 4 fully saturated rings. The Balaban J connectivity index is 1.96. The van der Waals surface area contributed by atoms with Crippen molar-refractivity contribution >= 4 is 17.7 Å². The number of hydrogen-bond donors (Lipinski definition) is 0. The molecule has 108 valence electrons. The topological polar surface area (TPSA) is 69.7 Å². The van der Waals surface area contributed by atoms with Gasteiger partial charge in [-0.15, -0.1) is 0 Å². The standard InChI is InChI=1S/C15H18O5/c1-8-3-4-15-13(2)7-19-12(18)11(13)9(16)5-14(8,15)6-10(17)20-15/h8,11H,3-7H2,1-2H3/t8-,11+,13-,14-,15-/m1/s1. The summed E-state index contributed by atoms with van der Waals surface area (Å²) in [6, 6.07) is 0. The summed E-state index contributed by atoms with van der Waals surface area (Å²) < 4.78 is 11.0. The summed E-state index contributed by atoms with van der Waals surface area (Å²) in [7, 11) is 0. The van der Waals surface area contributed by atoms with Crippen LogP contribution in [0.5, 0.6) is 0 Å². The van der Waals surface area contributed by atoms with E-state index in [0.717, 1.165) is 12.8 Å². The lowest BCUT2D eigenvalue weighted by Gasteiger charge is -2.53. The number of Topliss-reactive ketones (excluding diaryl/α,β-unsaturated/α-hetero) is 1. The van der Waals surface area contributed by atoms with Crippen LogP contribution in [0, 0.1) is 22.7 Å². The molecule has 0 radical (unpaired) electrons. The lowest BCUT2D eigenvalue weighted by atomic mass is 9.48. The number of esters is 2. The maximum absolute atomic E-state index is 12.6. The highest BCUT2D eigenvalue weighted by atomic mass is 16.6. The van der Waals surface area contributed by atoms with Crippen LogP contribution in [0.25, 0.3) is 0 Å². The number of ketones is 1. The maximum atomic E-state index is 12.6. The van der Waals surface area contributed by atoms with Crippen molar-refractivity contribution in [2.75, 3.05) is 6.61 Å². The molecule has 0 amide bonds. The summed E-state index contributed by atoms with van der Waals surface area (Å²) in [4.78, 5) is 36.5. The Labute approximate surface area is 117 Å². The van der Waals surface area contributed by atoms with E-state index in [1.807, 2.05) is 6.92 Å². The molecule has 5 atom stereocenters. The smallest absolute Gasteiger partial charge is 0.317 e. The SMILES string of the molecule is C[C@@H]1CC[C@]23OC(=O)C[C@]12CC(=O)[C@H]1C(=O)OC[C@]13C. The van der Waals surface area contributed by atoms with Crippen molar-refractivity contribution in [1.82, 2.24) is 0 Å². The number of fused-ring (bicyclic) bond motifs is 1. The molecule has 0 aromatic rings. The Kier molecular flexibility index (Phi) is 2.01. The van der Waals surface area contributed by atoms with Crippen LogP contribution in [-0.2, 0) is 23.9 Å². The Bertz CT molecular complexity index is 554. The van der Waals surface area contributed by atoms with E-state index in [1.54, 1.807) is 0 Å². The zero-order valence-electron chi connectivity index (χ0n) is 11.7. The minimum Gasteiger partial charge on any atom is -0.464 e. The van der Waals surface area contributed by atoms with Crippen molar-refractivity contribution in [1.29, 1.82) is 0 Å². The van der Waals surface area contributed by atoms with Crippen molar-refractivity contribution in [3.05, 3.63) is 0 Å². The minimum atomic E-state index is -0.758. The third-order valence-electron chi connectivity index (χ3n) is 6.55. The third-order valence-corrected chi connectivity index (χ3v) is 6.55. The Morgan fingerprint density at radius 2 is 1.95 bits per heavy atom. The number of hydrogen-bond acceptors (Lipinski definition) is 5. The quantitative estimate of drug-likeness (QED) is 0.492. The first kappa shape index (κ1) is 12.4. The van der Waals surface area contributed by atoms with Gasteiger partial charge in [-0.05, 0) is 18.8 Å². The largest absolute Gasteiger partial charge is 0.464 e. The normalized spacial score (nSPS) is 53.2. The summed E-state index contributed by atoms with van der Waals surface area (Å²) in [5.74, 6) is -1.25. The van der Waals surface area contributed by atoms with Crippen molar-refractivity contribution in [3.8, 4) is 0 Å². The zero-order chi connectivity index (χ0) is 14.3. The first-order chi connectivity index (χ1) is 9.36. The molecule has 5 nitrogen and oxygen atoms in total. The molecule has 0 spiro atoms. The fourth-order valence-corrected chi connectivity index (χ4v) is 5.55. The van der Waals surface area contributed by atoms with Gasteiger partial charge in [0.1, 0.15) is 23.9 Å². The molecule has 2 saturated carbocycles. The van der Waals surface area contributed by atoms with Crippen LogP contribution in [0.2, 0.25) is 0 Å². The molecule has 0 aromatic carbocycles. The predicted molar refractivity (Wildman–Crippen MR) is 66.5 cm³/mol. The summed E-state index contributed by atoms with van der Waals surface area (Å²) in [6.45, 7) is 4.17. The lowest BCUT2D eigenvalue weighted by molar-refractivity contribution is -0.192. The number of ether oxygens (including phenoxy) is 2. The molecule has 20 heavy (non-hydrogen) atoms. The van der Waals surface area contributed by atoms with E-state index in [9.17, 15) is 14.4 Å². The van der Waals surface area contributed by atoms with Crippen LogP contribution in [0.1, 0.15) is 39.5 Å². The molecule has 0 unspecified atom stereocenters. The van der Waals surface area contributed by atoms with E-state index in [-0.39, 0.29) is 30.7 Å². The van der Waals surface area contributed by atoms with Crippen LogP contribution < -0.4 is 0 Å². The van der Waals surface area contributed by atoms with Gasteiger partial charge < -0.3 is 9.47 Å². The minimum absolute atomic E-state index is 0.0716. The van der Waals surface area contributed by atoms with Crippen LogP contribution in [-0.4, -0.2) is 29.9 Å². The van der Waals surface area contributed by atoms with Crippen LogP contribution in [0.4, 0.5) is 0 Å². The van der Waals surface area contributed by atoms with E-state index in [4.69, 9.17) is 9.47 Å². The number of cyclic esters (lactones) is 1. The van der Waals surface area contributed by atoms with Gasteiger partial charge in [0.15, 0.2) is 0 Å². The molecule has 2 heterocycles. The lowest BCUT2D eigenvalue weighted by Crippen LogP contribution is -2.64. The number of carbonyl (C=O) groups is 3. The molecule has 2 aliphatic carbocycles. The monoisotopic (exact) mass is 278 g/mol. The number of rotatable bonds is 0. The van der Waals surface area contributed by atoms with Crippen molar-refractivity contribution < 1.29 is 23.9 Å². The average Bonchev–Trinajstić information content (AvgIpc) is 2.92. The van der Waals surface area contributed by atoms with Gasteiger partial charge in [-0.3, -0.25) is 14.4 Å². The highest BCUT2D eigenvalue weighted by molar-refractivity contribution is 6.03. The Morgan fingerprint density at radius 1 is 1.20 bits per heavy atom. The third kappa shape index (κ3) is 1.00. The van der Waals surface area contributed by atoms with Gasteiger partial charge in [-0.1, -0.05) is 13.8 Å². The van der Waals surface area contributed by atoms with E-state index in [1.165, 1.54) is 0 Å². The Hall–Kier alpha value is -1.39. The summed E-state index contributed by atoms with van der Waals surface area (Å²) >= 11 is 0. The average molecular weight is 278 g/mol. The second kappa shape index (κ2) is 3.26. The Morgan fingerprint density at radius 3 is 2.70 bits per heavy atom. The van der Waals surface area contributed by atoms with Gasteiger partial charge >= 0.3 is 11.9 Å². The molecule has 0 bridgehead atoms. The van der Waals surface area contributed by atoms with E-state index in [2.05, 4.69) is 6.92 Å². The van der Waals surface area contributed by atoms with Gasteiger partial charge in [-0.25, -0.2) is 0 Å². The second-order valence-electron chi connectivity index (χ2n) is 7.18. The van der Waals surface area contributed by atoms with Gasteiger partial charge in [0, 0.05) is 11.8 Å². The van der Waals surface area contributed by atoms with Crippen LogP contribution in [0.15, 0.2) is 0 Å².